The molecule has 0 spiro atoms. The van der Waals surface area contributed by atoms with E-state index < -0.39 is 5.97 Å². The van der Waals surface area contributed by atoms with Crippen LogP contribution in [0.5, 0.6) is 5.75 Å². The number of benzene rings is 1. The molecular formula is C15H23NO3. The lowest BCUT2D eigenvalue weighted by Crippen LogP contribution is -2.24. The molecule has 1 rings (SSSR count). The second-order valence-electron chi connectivity index (χ2n) is 5.14. The molecule has 1 aromatic carbocycles. The number of rotatable bonds is 5. The average molecular weight is 265 g/mol. The standard InChI is InChI=1S/C15H23NO3/c1-9-7-13(19-6)10(2)11(3)15(9)12(16(4)5)8-14(17)18/h7,12H,8H2,1-6H3,(H,17,18). The van der Waals surface area contributed by atoms with E-state index in [0.717, 1.165) is 28.0 Å². The second kappa shape index (κ2) is 6.06. The van der Waals surface area contributed by atoms with Crippen LogP contribution in [0.25, 0.3) is 0 Å². The molecule has 0 bridgehead atoms. The monoisotopic (exact) mass is 265 g/mol. The van der Waals surface area contributed by atoms with Gasteiger partial charge in [-0.3, -0.25) is 4.79 Å². The Labute approximate surface area is 115 Å². The number of carboxylic acid groups (broad SMARTS) is 1. The first-order chi connectivity index (χ1) is 8.79. The SMILES string of the molecule is COc1cc(C)c(C(CC(=O)O)N(C)C)c(C)c1C. The van der Waals surface area contributed by atoms with Gasteiger partial charge in [0.15, 0.2) is 0 Å². The average Bonchev–Trinajstić information content (AvgIpc) is 2.32. The number of carbonyl (C=O) groups is 1. The largest absolute Gasteiger partial charge is 0.496 e. The summed E-state index contributed by atoms with van der Waals surface area (Å²) < 4.78 is 5.35. The Bertz CT molecular complexity index is 481. The number of methoxy groups -OCH3 is 1. The summed E-state index contributed by atoms with van der Waals surface area (Å²) in [6.07, 6.45) is 0.0977. The van der Waals surface area contributed by atoms with Gasteiger partial charge in [-0.1, -0.05) is 0 Å². The van der Waals surface area contributed by atoms with Crippen LogP contribution in [0.1, 0.15) is 34.7 Å². The molecule has 0 aliphatic carbocycles. The van der Waals surface area contributed by atoms with Gasteiger partial charge in [0, 0.05) is 6.04 Å². The van der Waals surface area contributed by atoms with Crippen LogP contribution >= 0.6 is 0 Å². The van der Waals surface area contributed by atoms with Gasteiger partial charge >= 0.3 is 5.97 Å². The fourth-order valence-electron chi connectivity index (χ4n) is 2.50. The Morgan fingerprint density at radius 3 is 2.32 bits per heavy atom. The Kier molecular flexibility index (Phi) is 4.95. The first kappa shape index (κ1) is 15.5. The zero-order valence-corrected chi connectivity index (χ0v) is 12.6. The van der Waals surface area contributed by atoms with E-state index >= 15 is 0 Å². The number of aliphatic carboxylic acids is 1. The summed E-state index contributed by atoms with van der Waals surface area (Å²) in [7, 11) is 5.47. The fraction of sp³-hybridized carbons (Fsp3) is 0.533. The summed E-state index contributed by atoms with van der Waals surface area (Å²) in [5.74, 6) is 0.0672. The molecular weight excluding hydrogens is 242 g/mol. The van der Waals surface area contributed by atoms with Gasteiger partial charge in [0.2, 0.25) is 0 Å². The van der Waals surface area contributed by atoms with Crippen molar-refractivity contribution in [3.63, 3.8) is 0 Å². The molecule has 19 heavy (non-hydrogen) atoms. The Hall–Kier alpha value is -1.55. The smallest absolute Gasteiger partial charge is 0.305 e. The first-order valence-corrected chi connectivity index (χ1v) is 6.32. The molecule has 0 fully saturated rings. The van der Waals surface area contributed by atoms with Gasteiger partial charge in [-0.25, -0.2) is 0 Å². The molecule has 0 aliphatic rings. The van der Waals surface area contributed by atoms with Gasteiger partial charge in [-0.05, 0) is 63.2 Å². The molecule has 0 amide bonds. The van der Waals surface area contributed by atoms with E-state index in [4.69, 9.17) is 9.84 Å². The zero-order valence-electron chi connectivity index (χ0n) is 12.6. The van der Waals surface area contributed by atoms with Crippen LogP contribution in [-0.4, -0.2) is 37.2 Å². The van der Waals surface area contributed by atoms with Crippen molar-refractivity contribution in [3.05, 3.63) is 28.3 Å². The maximum Gasteiger partial charge on any atom is 0.305 e. The summed E-state index contributed by atoms with van der Waals surface area (Å²) in [5.41, 5.74) is 4.34. The predicted octanol–water partition coefficient (Wildman–Crippen LogP) is 2.70. The number of hydrogen-bond donors (Lipinski definition) is 1. The van der Waals surface area contributed by atoms with E-state index in [-0.39, 0.29) is 12.5 Å². The normalized spacial score (nSPS) is 12.6. The number of hydrogen-bond acceptors (Lipinski definition) is 3. The van der Waals surface area contributed by atoms with Gasteiger partial charge in [0.25, 0.3) is 0 Å². The summed E-state index contributed by atoms with van der Waals surface area (Å²) in [6.45, 7) is 6.03. The van der Waals surface area contributed by atoms with Crippen LogP contribution in [0.4, 0.5) is 0 Å². The molecule has 0 saturated heterocycles. The highest BCUT2D eigenvalue weighted by molar-refractivity contribution is 5.68. The van der Waals surface area contributed by atoms with Crippen LogP contribution in [0.3, 0.4) is 0 Å². The molecule has 1 N–H and O–H groups in total. The van der Waals surface area contributed by atoms with E-state index in [1.165, 1.54) is 0 Å². The third-order valence-corrected chi connectivity index (χ3v) is 3.65. The van der Waals surface area contributed by atoms with E-state index in [1.54, 1.807) is 7.11 Å². The van der Waals surface area contributed by atoms with Crippen molar-refractivity contribution >= 4 is 5.97 Å². The van der Waals surface area contributed by atoms with E-state index in [0.29, 0.717) is 0 Å². The molecule has 0 radical (unpaired) electrons. The minimum atomic E-state index is -0.786. The van der Waals surface area contributed by atoms with E-state index in [1.807, 2.05) is 45.8 Å². The highest BCUT2D eigenvalue weighted by Gasteiger charge is 2.23. The van der Waals surface area contributed by atoms with E-state index in [2.05, 4.69) is 0 Å². The van der Waals surface area contributed by atoms with Crippen LogP contribution in [0.15, 0.2) is 6.07 Å². The lowest BCUT2D eigenvalue weighted by atomic mass is 9.90. The molecule has 4 nitrogen and oxygen atoms in total. The third kappa shape index (κ3) is 3.26. The minimum Gasteiger partial charge on any atom is -0.496 e. The summed E-state index contributed by atoms with van der Waals surface area (Å²) in [5, 5.41) is 9.09. The summed E-state index contributed by atoms with van der Waals surface area (Å²) >= 11 is 0. The van der Waals surface area contributed by atoms with Gasteiger partial charge in [0.1, 0.15) is 5.75 Å². The molecule has 0 heterocycles. The first-order valence-electron chi connectivity index (χ1n) is 6.32. The van der Waals surface area contributed by atoms with Crippen LogP contribution in [0.2, 0.25) is 0 Å². The molecule has 4 heteroatoms. The van der Waals surface area contributed by atoms with Crippen molar-refractivity contribution in [2.75, 3.05) is 21.2 Å². The van der Waals surface area contributed by atoms with Gasteiger partial charge in [0.05, 0.1) is 13.5 Å². The van der Waals surface area contributed by atoms with Crippen molar-refractivity contribution in [2.45, 2.75) is 33.2 Å². The highest BCUT2D eigenvalue weighted by Crippen LogP contribution is 2.34. The van der Waals surface area contributed by atoms with Crippen molar-refractivity contribution < 1.29 is 14.6 Å². The van der Waals surface area contributed by atoms with Crippen molar-refractivity contribution in [2.24, 2.45) is 0 Å². The van der Waals surface area contributed by atoms with Crippen molar-refractivity contribution in [1.82, 2.24) is 4.90 Å². The Morgan fingerprint density at radius 1 is 1.32 bits per heavy atom. The minimum absolute atomic E-state index is 0.0977. The Morgan fingerprint density at radius 2 is 1.89 bits per heavy atom. The molecule has 1 aromatic rings. The number of nitrogens with zero attached hydrogens (tertiary/aromatic N) is 1. The fourth-order valence-corrected chi connectivity index (χ4v) is 2.50. The summed E-state index contributed by atoms with van der Waals surface area (Å²) in [6, 6.07) is 1.86. The zero-order chi connectivity index (χ0) is 14.7. The van der Waals surface area contributed by atoms with Gasteiger partial charge < -0.3 is 14.7 Å². The second-order valence-corrected chi connectivity index (χ2v) is 5.14. The molecule has 106 valence electrons. The molecule has 1 unspecified atom stereocenters. The van der Waals surface area contributed by atoms with Crippen molar-refractivity contribution in [1.29, 1.82) is 0 Å². The topological polar surface area (TPSA) is 49.8 Å². The van der Waals surface area contributed by atoms with Crippen molar-refractivity contribution in [3.8, 4) is 5.75 Å². The number of carboxylic acids is 1. The quantitative estimate of drug-likeness (QED) is 0.889. The van der Waals surface area contributed by atoms with Crippen LogP contribution in [-0.2, 0) is 4.79 Å². The van der Waals surface area contributed by atoms with E-state index in [9.17, 15) is 4.79 Å². The Balaban J connectivity index is 3.38. The maximum atomic E-state index is 11.1. The maximum absolute atomic E-state index is 11.1. The highest BCUT2D eigenvalue weighted by atomic mass is 16.5. The molecule has 0 aliphatic heterocycles. The van der Waals surface area contributed by atoms with Crippen LogP contribution < -0.4 is 4.74 Å². The van der Waals surface area contributed by atoms with Crippen LogP contribution in [0, 0.1) is 20.8 Å². The molecule has 0 saturated carbocycles. The number of ether oxygens (including phenoxy) is 1. The summed E-state index contributed by atoms with van der Waals surface area (Å²) in [4.78, 5) is 13.0. The van der Waals surface area contributed by atoms with Gasteiger partial charge in [-0.2, -0.15) is 0 Å². The predicted molar refractivity (Wildman–Crippen MR) is 75.9 cm³/mol. The molecule has 1 atom stereocenters. The number of aryl methyl sites for hydroxylation is 1. The van der Waals surface area contributed by atoms with Gasteiger partial charge in [-0.15, -0.1) is 0 Å². The lowest BCUT2D eigenvalue weighted by molar-refractivity contribution is -0.138. The third-order valence-electron chi connectivity index (χ3n) is 3.65. The molecule has 0 aromatic heterocycles. The lowest BCUT2D eigenvalue weighted by Gasteiger charge is -2.28.